The van der Waals surface area contributed by atoms with Gasteiger partial charge in [-0.15, -0.1) is 0 Å². The minimum atomic E-state index is 1.11. The third kappa shape index (κ3) is 11.7. The van der Waals surface area contributed by atoms with E-state index in [0.29, 0.717) is 0 Å². The molecule has 1 radical (unpaired) electrons. The summed E-state index contributed by atoms with van der Waals surface area (Å²) in [6, 6.07) is 0. The van der Waals surface area contributed by atoms with Crippen LogP contribution in [0.4, 0.5) is 0 Å². The SMILES string of the molecule is [CH2]CCCCCCCCC/C=C\CC. The molecule has 0 aliphatic heterocycles. The van der Waals surface area contributed by atoms with Gasteiger partial charge in [-0.25, -0.2) is 0 Å². The molecule has 0 unspecified atom stereocenters. The predicted octanol–water partition coefficient (Wildman–Crippen LogP) is 5.30. The van der Waals surface area contributed by atoms with E-state index in [1.54, 1.807) is 0 Å². The van der Waals surface area contributed by atoms with Crippen LogP contribution in [0.1, 0.15) is 71.1 Å². The first-order valence-electron chi connectivity index (χ1n) is 6.36. The standard InChI is InChI=1S/C14H27/c1-3-5-7-9-11-13-14-12-10-8-6-4-2/h6,8H,1,3-5,7,9-14H2,2H3/b8-6-. The predicted molar refractivity (Wildman–Crippen MR) is 66.3 cm³/mol. The second kappa shape index (κ2) is 12.7. The summed E-state index contributed by atoms with van der Waals surface area (Å²) in [4.78, 5) is 0. The van der Waals surface area contributed by atoms with Crippen molar-refractivity contribution < 1.29 is 0 Å². The van der Waals surface area contributed by atoms with Gasteiger partial charge in [0.15, 0.2) is 0 Å². The molecule has 14 heavy (non-hydrogen) atoms. The lowest BCUT2D eigenvalue weighted by Gasteiger charge is -1.99. The number of rotatable bonds is 10. The summed E-state index contributed by atoms with van der Waals surface area (Å²) in [7, 11) is 0. The van der Waals surface area contributed by atoms with Gasteiger partial charge in [-0.2, -0.15) is 0 Å². The van der Waals surface area contributed by atoms with Crippen molar-refractivity contribution in [3.8, 4) is 0 Å². The normalized spacial score (nSPS) is 11.3. The Morgan fingerprint density at radius 3 is 1.93 bits per heavy atom. The van der Waals surface area contributed by atoms with E-state index in [1.807, 2.05) is 0 Å². The molecule has 0 spiro atoms. The Labute approximate surface area is 90.8 Å². The summed E-state index contributed by atoms with van der Waals surface area (Å²) >= 11 is 0. The lowest BCUT2D eigenvalue weighted by atomic mass is 10.1. The molecule has 0 aliphatic rings. The highest BCUT2D eigenvalue weighted by Gasteiger charge is 1.89. The molecule has 0 heterocycles. The molecule has 0 aromatic heterocycles. The van der Waals surface area contributed by atoms with Gasteiger partial charge in [0.05, 0.1) is 0 Å². The second-order valence-electron chi connectivity index (χ2n) is 4.00. The van der Waals surface area contributed by atoms with E-state index >= 15 is 0 Å². The third-order valence-electron chi connectivity index (χ3n) is 2.52. The molecule has 0 aromatic rings. The van der Waals surface area contributed by atoms with Crippen LogP contribution in [0, 0.1) is 6.92 Å². The van der Waals surface area contributed by atoms with Crippen molar-refractivity contribution >= 4 is 0 Å². The number of hydrogen-bond acceptors (Lipinski definition) is 0. The van der Waals surface area contributed by atoms with Crippen molar-refractivity contribution in [1.82, 2.24) is 0 Å². The molecule has 0 aromatic carbocycles. The van der Waals surface area contributed by atoms with Gasteiger partial charge in [0.25, 0.3) is 0 Å². The summed E-state index contributed by atoms with van der Waals surface area (Å²) in [6.45, 7) is 6.05. The molecule has 0 heteroatoms. The van der Waals surface area contributed by atoms with Crippen molar-refractivity contribution in [2.45, 2.75) is 71.1 Å². The second-order valence-corrected chi connectivity index (χ2v) is 4.00. The molecule has 0 N–H and O–H groups in total. The first-order valence-corrected chi connectivity index (χ1v) is 6.36. The molecule has 0 nitrogen and oxygen atoms in total. The van der Waals surface area contributed by atoms with Crippen LogP contribution in [0.15, 0.2) is 12.2 Å². The Hall–Kier alpha value is -0.260. The number of allylic oxidation sites excluding steroid dienone is 2. The Morgan fingerprint density at radius 1 is 0.786 bits per heavy atom. The van der Waals surface area contributed by atoms with Crippen molar-refractivity contribution in [2.75, 3.05) is 0 Å². The zero-order valence-corrected chi connectivity index (χ0v) is 9.93. The van der Waals surface area contributed by atoms with Crippen LogP contribution in [0.25, 0.3) is 0 Å². The van der Waals surface area contributed by atoms with Crippen molar-refractivity contribution in [2.24, 2.45) is 0 Å². The fourth-order valence-corrected chi connectivity index (χ4v) is 1.61. The van der Waals surface area contributed by atoms with E-state index in [0.717, 1.165) is 6.42 Å². The number of hydrogen-bond donors (Lipinski definition) is 0. The van der Waals surface area contributed by atoms with Crippen LogP contribution in [-0.4, -0.2) is 0 Å². The molecule has 83 valence electrons. The molecule has 0 aliphatic carbocycles. The van der Waals surface area contributed by atoms with Crippen LogP contribution in [-0.2, 0) is 0 Å². The lowest BCUT2D eigenvalue weighted by Crippen LogP contribution is -1.79. The maximum Gasteiger partial charge on any atom is -0.0351 e. The van der Waals surface area contributed by atoms with Crippen LogP contribution in [0.5, 0.6) is 0 Å². The fraction of sp³-hybridized carbons (Fsp3) is 0.786. The molecule has 0 fully saturated rings. The molecular weight excluding hydrogens is 168 g/mol. The smallest absolute Gasteiger partial charge is 0.0351 e. The highest BCUT2D eigenvalue weighted by molar-refractivity contribution is 4.79. The van der Waals surface area contributed by atoms with Crippen molar-refractivity contribution in [3.63, 3.8) is 0 Å². The minimum absolute atomic E-state index is 1.11. The van der Waals surface area contributed by atoms with Gasteiger partial charge in [-0.05, 0) is 19.3 Å². The van der Waals surface area contributed by atoms with Gasteiger partial charge < -0.3 is 0 Å². The fourth-order valence-electron chi connectivity index (χ4n) is 1.61. The Bertz CT molecular complexity index is 113. The number of unbranched alkanes of at least 4 members (excludes halogenated alkanes) is 8. The van der Waals surface area contributed by atoms with Crippen molar-refractivity contribution in [3.05, 3.63) is 19.1 Å². The van der Waals surface area contributed by atoms with Gasteiger partial charge >= 0.3 is 0 Å². The summed E-state index contributed by atoms with van der Waals surface area (Å²) in [5.41, 5.74) is 0. The quantitative estimate of drug-likeness (QED) is 0.328. The zero-order valence-electron chi connectivity index (χ0n) is 9.93. The zero-order chi connectivity index (χ0) is 10.5. The average Bonchev–Trinajstić information content (AvgIpc) is 2.21. The highest BCUT2D eigenvalue weighted by atomic mass is 14.0. The van der Waals surface area contributed by atoms with Crippen LogP contribution >= 0.6 is 0 Å². The maximum atomic E-state index is 3.85. The Balaban J connectivity index is 2.88. The molecule has 0 rings (SSSR count). The molecule has 0 saturated heterocycles. The molecule has 0 amide bonds. The Kier molecular flexibility index (Phi) is 12.5. The molecular formula is C14H27. The monoisotopic (exact) mass is 195 g/mol. The molecule has 0 bridgehead atoms. The van der Waals surface area contributed by atoms with E-state index in [9.17, 15) is 0 Å². The molecule has 0 saturated carbocycles. The topological polar surface area (TPSA) is 0 Å². The average molecular weight is 195 g/mol. The van der Waals surface area contributed by atoms with E-state index in [1.165, 1.54) is 57.8 Å². The minimum Gasteiger partial charge on any atom is -0.0888 e. The maximum absolute atomic E-state index is 3.85. The van der Waals surface area contributed by atoms with E-state index in [4.69, 9.17) is 0 Å². The Morgan fingerprint density at radius 2 is 1.36 bits per heavy atom. The van der Waals surface area contributed by atoms with Crippen molar-refractivity contribution in [1.29, 1.82) is 0 Å². The van der Waals surface area contributed by atoms with Gasteiger partial charge in [0, 0.05) is 0 Å². The molecule has 0 atom stereocenters. The summed E-state index contributed by atoms with van der Waals surface area (Å²) in [5, 5.41) is 0. The van der Waals surface area contributed by atoms with E-state index in [2.05, 4.69) is 26.0 Å². The summed E-state index contributed by atoms with van der Waals surface area (Å²) in [6.07, 6.45) is 18.0. The van der Waals surface area contributed by atoms with E-state index in [-0.39, 0.29) is 0 Å². The first kappa shape index (κ1) is 13.7. The van der Waals surface area contributed by atoms with Crippen LogP contribution < -0.4 is 0 Å². The van der Waals surface area contributed by atoms with E-state index < -0.39 is 0 Å². The van der Waals surface area contributed by atoms with Crippen LogP contribution in [0.2, 0.25) is 0 Å². The third-order valence-corrected chi connectivity index (χ3v) is 2.52. The first-order chi connectivity index (χ1) is 6.91. The lowest BCUT2D eigenvalue weighted by molar-refractivity contribution is 0.583. The highest BCUT2D eigenvalue weighted by Crippen LogP contribution is 2.09. The largest absolute Gasteiger partial charge is 0.0888 e. The van der Waals surface area contributed by atoms with Gasteiger partial charge in [0.1, 0.15) is 0 Å². The van der Waals surface area contributed by atoms with Gasteiger partial charge in [-0.1, -0.05) is 70.9 Å². The van der Waals surface area contributed by atoms with Gasteiger partial charge in [-0.3, -0.25) is 0 Å². The summed E-state index contributed by atoms with van der Waals surface area (Å²) in [5.74, 6) is 0. The summed E-state index contributed by atoms with van der Waals surface area (Å²) < 4.78 is 0. The van der Waals surface area contributed by atoms with Gasteiger partial charge in [0.2, 0.25) is 0 Å². The van der Waals surface area contributed by atoms with Crippen LogP contribution in [0.3, 0.4) is 0 Å².